The summed E-state index contributed by atoms with van der Waals surface area (Å²) < 4.78 is 37.5. The molecule has 24 heavy (non-hydrogen) atoms. The smallest absolute Gasteiger partial charge is 0.334 e. The number of halogens is 3. The third-order valence-electron chi connectivity index (χ3n) is 4.70. The van der Waals surface area contributed by atoms with Crippen LogP contribution in [0.2, 0.25) is 0 Å². The summed E-state index contributed by atoms with van der Waals surface area (Å²) in [5, 5.41) is 0. The average Bonchev–Trinajstić information content (AvgIpc) is 3.03. The van der Waals surface area contributed by atoms with E-state index < -0.39 is 16.8 Å². The molecular weight excluding hydrogens is 343 g/mol. The average molecular weight is 359 g/mol. The lowest BCUT2D eigenvalue weighted by molar-refractivity contribution is -0.129. The minimum absolute atomic E-state index is 0.112. The van der Waals surface area contributed by atoms with Gasteiger partial charge in [-0.2, -0.15) is 13.2 Å². The van der Waals surface area contributed by atoms with Crippen LogP contribution in [-0.4, -0.2) is 41.1 Å². The number of fused-ring (bicyclic) bond motifs is 1. The molecule has 3 rings (SSSR count). The van der Waals surface area contributed by atoms with Crippen LogP contribution in [0.25, 0.3) is 0 Å². The summed E-state index contributed by atoms with van der Waals surface area (Å²) in [7, 11) is 0. The van der Waals surface area contributed by atoms with Crippen molar-refractivity contribution in [1.29, 1.82) is 0 Å². The minimum Gasteiger partial charge on any atom is -0.334 e. The van der Waals surface area contributed by atoms with Gasteiger partial charge in [0.2, 0.25) is 0 Å². The van der Waals surface area contributed by atoms with Crippen molar-refractivity contribution in [2.45, 2.75) is 44.3 Å². The highest BCUT2D eigenvalue weighted by molar-refractivity contribution is 7.16. The van der Waals surface area contributed by atoms with Crippen LogP contribution >= 0.6 is 11.3 Å². The zero-order valence-corrected chi connectivity index (χ0v) is 13.6. The first-order valence-electron chi connectivity index (χ1n) is 7.84. The molecule has 0 bridgehead atoms. The summed E-state index contributed by atoms with van der Waals surface area (Å²) in [4.78, 5) is 37.2. The maximum Gasteiger partial charge on any atom is 0.455 e. The summed E-state index contributed by atoms with van der Waals surface area (Å²) in [6, 6.07) is 2.14. The number of likely N-dealkylation sites (tertiary alicyclic amines) is 1. The van der Waals surface area contributed by atoms with Gasteiger partial charge in [0.05, 0.1) is 9.75 Å². The summed E-state index contributed by atoms with van der Waals surface area (Å²) in [6.07, 6.45) is -1.28. The standard InChI is InChI=1S/C16H16F3NO3S/c17-16(18,19)14(22)12-5-6-13(24-12)15(23)20-8-7-11(21)9-3-1-2-4-10(9)20/h5-6,9-10H,1-4,7-8H2/t9-,10-/m1/s1. The highest BCUT2D eigenvalue weighted by atomic mass is 32.1. The van der Waals surface area contributed by atoms with Crippen LogP contribution in [0.1, 0.15) is 51.4 Å². The molecule has 1 aliphatic heterocycles. The van der Waals surface area contributed by atoms with Crippen LogP contribution < -0.4 is 0 Å². The summed E-state index contributed by atoms with van der Waals surface area (Å²) in [5.41, 5.74) is 0. The number of nitrogens with zero attached hydrogens (tertiary/aromatic N) is 1. The summed E-state index contributed by atoms with van der Waals surface area (Å²) >= 11 is 0.564. The molecule has 130 valence electrons. The molecule has 2 aliphatic rings. The Morgan fingerprint density at radius 2 is 1.79 bits per heavy atom. The first-order chi connectivity index (χ1) is 11.3. The topological polar surface area (TPSA) is 54.5 Å². The highest BCUT2D eigenvalue weighted by Crippen LogP contribution is 2.35. The first kappa shape index (κ1) is 17.1. The van der Waals surface area contributed by atoms with Gasteiger partial charge in [0.25, 0.3) is 11.7 Å². The largest absolute Gasteiger partial charge is 0.455 e. The number of carbonyl (C=O) groups is 3. The number of hydrogen-bond acceptors (Lipinski definition) is 4. The lowest BCUT2D eigenvalue weighted by atomic mass is 9.77. The predicted octanol–water partition coefficient (Wildman–Crippen LogP) is 3.47. The highest BCUT2D eigenvalue weighted by Gasteiger charge is 2.42. The quantitative estimate of drug-likeness (QED) is 0.760. The Morgan fingerprint density at radius 1 is 1.12 bits per heavy atom. The first-order valence-corrected chi connectivity index (χ1v) is 8.65. The molecule has 2 fully saturated rings. The van der Waals surface area contributed by atoms with E-state index in [1.54, 1.807) is 4.90 Å². The van der Waals surface area contributed by atoms with Crippen LogP contribution in [0.3, 0.4) is 0 Å². The molecule has 1 aromatic heterocycles. The Hall–Kier alpha value is -1.70. The van der Waals surface area contributed by atoms with Gasteiger partial charge in [-0.1, -0.05) is 12.8 Å². The SMILES string of the molecule is O=C1CCN(C(=O)c2ccc(C(=O)C(F)(F)F)s2)[C@@H]2CCCC[C@@H]12. The number of piperidine rings is 1. The number of carbonyl (C=O) groups excluding carboxylic acids is 3. The van der Waals surface area contributed by atoms with E-state index in [-0.39, 0.29) is 34.9 Å². The number of ketones is 2. The predicted molar refractivity (Wildman–Crippen MR) is 81.1 cm³/mol. The molecule has 2 heterocycles. The van der Waals surface area contributed by atoms with E-state index in [2.05, 4.69) is 0 Å². The van der Waals surface area contributed by atoms with Crippen molar-refractivity contribution in [3.8, 4) is 0 Å². The third-order valence-corrected chi connectivity index (χ3v) is 5.77. The number of thiophene rings is 1. The summed E-state index contributed by atoms with van der Waals surface area (Å²) in [6.45, 7) is 0.291. The fourth-order valence-electron chi connectivity index (χ4n) is 3.55. The molecule has 0 unspecified atom stereocenters. The Balaban J connectivity index is 1.80. The second-order valence-electron chi connectivity index (χ2n) is 6.16. The van der Waals surface area contributed by atoms with Gasteiger partial charge in [-0.25, -0.2) is 0 Å². The molecule has 0 radical (unpaired) electrons. The van der Waals surface area contributed by atoms with E-state index in [1.165, 1.54) is 6.07 Å². The van der Waals surface area contributed by atoms with Gasteiger partial charge < -0.3 is 4.90 Å². The van der Waals surface area contributed by atoms with Crippen molar-refractivity contribution in [1.82, 2.24) is 4.90 Å². The molecule has 0 N–H and O–H groups in total. The second-order valence-corrected chi connectivity index (χ2v) is 7.25. The van der Waals surface area contributed by atoms with E-state index in [9.17, 15) is 27.6 Å². The lowest BCUT2D eigenvalue weighted by Gasteiger charge is -2.42. The zero-order chi connectivity index (χ0) is 17.5. The van der Waals surface area contributed by atoms with Gasteiger partial charge in [0.1, 0.15) is 5.78 Å². The number of alkyl halides is 3. The summed E-state index contributed by atoms with van der Waals surface area (Å²) in [5.74, 6) is -2.31. The molecule has 2 atom stereocenters. The van der Waals surface area contributed by atoms with Crippen molar-refractivity contribution < 1.29 is 27.6 Å². The zero-order valence-electron chi connectivity index (χ0n) is 12.8. The molecule has 0 spiro atoms. The molecule has 1 saturated heterocycles. The molecular formula is C16H16F3NO3S. The number of amides is 1. The van der Waals surface area contributed by atoms with Crippen LogP contribution in [-0.2, 0) is 4.79 Å². The number of rotatable bonds is 2. The van der Waals surface area contributed by atoms with Crippen molar-refractivity contribution in [3.63, 3.8) is 0 Å². The van der Waals surface area contributed by atoms with E-state index >= 15 is 0 Å². The monoisotopic (exact) mass is 359 g/mol. The van der Waals surface area contributed by atoms with Gasteiger partial charge >= 0.3 is 6.18 Å². The maximum absolute atomic E-state index is 12.7. The molecule has 4 nitrogen and oxygen atoms in total. The van der Waals surface area contributed by atoms with Gasteiger partial charge in [-0.15, -0.1) is 11.3 Å². The Morgan fingerprint density at radius 3 is 2.50 bits per heavy atom. The minimum atomic E-state index is -4.95. The van der Waals surface area contributed by atoms with E-state index in [1.807, 2.05) is 0 Å². The van der Waals surface area contributed by atoms with Crippen molar-refractivity contribution in [3.05, 3.63) is 21.9 Å². The van der Waals surface area contributed by atoms with Gasteiger partial charge in [0, 0.05) is 24.9 Å². The van der Waals surface area contributed by atoms with Crippen LogP contribution in [0.4, 0.5) is 13.2 Å². The normalized spacial score (nSPS) is 24.6. The van der Waals surface area contributed by atoms with Gasteiger partial charge in [-0.3, -0.25) is 14.4 Å². The Kier molecular flexibility index (Phi) is 4.50. The van der Waals surface area contributed by atoms with Gasteiger partial charge in [0.15, 0.2) is 0 Å². The van der Waals surface area contributed by atoms with E-state index in [0.717, 1.165) is 31.7 Å². The Bertz CT molecular complexity index is 682. The van der Waals surface area contributed by atoms with Gasteiger partial charge in [-0.05, 0) is 25.0 Å². The van der Waals surface area contributed by atoms with E-state index in [0.29, 0.717) is 17.9 Å². The van der Waals surface area contributed by atoms with Crippen LogP contribution in [0, 0.1) is 5.92 Å². The molecule has 0 aromatic carbocycles. The molecule has 1 amide bonds. The molecule has 1 aromatic rings. The van der Waals surface area contributed by atoms with Crippen LogP contribution in [0.15, 0.2) is 12.1 Å². The van der Waals surface area contributed by atoms with Crippen molar-refractivity contribution >= 4 is 28.8 Å². The fourth-order valence-corrected chi connectivity index (χ4v) is 4.47. The van der Waals surface area contributed by atoms with Crippen molar-refractivity contribution in [2.75, 3.05) is 6.54 Å². The Labute approximate surface area is 140 Å². The van der Waals surface area contributed by atoms with Crippen LogP contribution in [0.5, 0.6) is 0 Å². The second kappa shape index (κ2) is 6.31. The molecule has 1 saturated carbocycles. The third kappa shape index (κ3) is 3.11. The van der Waals surface area contributed by atoms with E-state index in [4.69, 9.17) is 0 Å². The number of hydrogen-bond donors (Lipinski definition) is 0. The lowest BCUT2D eigenvalue weighted by Crippen LogP contribution is -2.53. The van der Waals surface area contributed by atoms with Crippen molar-refractivity contribution in [2.24, 2.45) is 5.92 Å². The molecule has 8 heteroatoms. The number of Topliss-reactive ketones (excluding diaryl/α,β-unsaturated/α-hetero) is 2. The fraction of sp³-hybridized carbons (Fsp3) is 0.562. The maximum atomic E-state index is 12.7. The molecule has 1 aliphatic carbocycles.